The summed E-state index contributed by atoms with van der Waals surface area (Å²) in [5.41, 5.74) is -0.218. The van der Waals surface area contributed by atoms with Crippen molar-refractivity contribution in [1.82, 2.24) is 9.97 Å². The van der Waals surface area contributed by atoms with Gasteiger partial charge in [-0.25, -0.2) is 13.8 Å². The summed E-state index contributed by atoms with van der Waals surface area (Å²) in [6, 6.07) is 4.25. The number of aromatic nitrogens is 2. The molecule has 0 atom stereocenters. The van der Waals surface area contributed by atoms with Crippen molar-refractivity contribution in [3.05, 3.63) is 52.1 Å². The van der Waals surface area contributed by atoms with Gasteiger partial charge in [-0.2, -0.15) is 0 Å². The van der Waals surface area contributed by atoms with Crippen molar-refractivity contribution in [2.24, 2.45) is 0 Å². The number of halogens is 2. The predicted octanol–water partition coefficient (Wildman–Crippen LogP) is 2.67. The summed E-state index contributed by atoms with van der Waals surface area (Å²) in [5.74, 6) is -0.689. The van der Waals surface area contributed by atoms with Gasteiger partial charge in [-0.15, -0.1) is 0 Å². The Morgan fingerprint density at radius 1 is 1.28 bits per heavy atom. The molecule has 0 unspecified atom stereocenters. The van der Waals surface area contributed by atoms with Crippen LogP contribution >= 0.6 is 0 Å². The number of rotatable bonds is 3. The Labute approximate surface area is 103 Å². The topological polar surface area (TPSA) is 45.8 Å². The molecule has 0 radical (unpaired) electrons. The lowest BCUT2D eigenvalue weighted by Gasteiger charge is -2.05. The van der Waals surface area contributed by atoms with E-state index in [9.17, 15) is 13.6 Å². The van der Waals surface area contributed by atoms with Gasteiger partial charge in [0, 0.05) is 18.1 Å². The largest absolute Gasteiger partial charge is 0.311 e. The highest BCUT2D eigenvalue weighted by Crippen LogP contribution is 2.20. The van der Waals surface area contributed by atoms with E-state index in [4.69, 9.17) is 0 Å². The van der Waals surface area contributed by atoms with Gasteiger partial charge in [0.25, 0.3) is 5.56 Å². The van der Waals surface area contributed by atoms with Crippen LogP contribution in [0.4, 0.5) is 8.78 Å². The quantitative estimate of drug-likeness (QED) is 0.910. The summed E-state index contributed by atoms with van der Waals surface area (Å²) in [6.07, 6.45) is 1.39. The van der Waals surface area contributed by atoms with Crippen LogP contribution in [0.15, 0.2) is 29.1 Å². The number of aromatic amines is 1. The highest BCUT2D eigenvalue weighted by Gasteiger charge is 2.10. The summed E-state index contributed by atoms with van der Waals surface area (Å²) < 4.78 is 26.7. The second-order valence-electron chi connectivity index (χ2n) is 3.95. The highest BCUT2D eigenvalue weighted by molar-refractivity contribution is 5.59. The van der Waals surface area contributed by atoms with E-state index in [2.05, 4.69) is 9.97 Å². The van der Waals surface area contributed by atoms with Gasteiger partial charge in [-0.3, -0.25) is 4.79 Å². The Bertz CT molecular complexity index is 623. The maximum atomic E-state index is 13.6. The Balaban J connectivity index is 2.56. The molecule has 0 aliphatic rings. The van der Waals surface area contributed by atoms with Crippen LogP contribution in [-0.2, 0) is 6.42 Å². The summed E-state index contributed by atoms with van der Waals surface area (Å²) in [5, 5.41) is 0. The SMILES string of the molecule is CCCc1nc(-c2cc(F)ccc2F)cc(=O)[nH]1. The van der Waals surface area contributed by atoms with Gasteiger partial charge >= 0.3 is 0 Å². The number of benzene rings is 1. The molecule has 0 saturated carbocycles. The minimum Gasteiger partial charge on any atom is -0.311 e. The van der Waals surface area contributed by atoms with E-state index in [0.717, 1.165) is 30.7 Å². The van der Waals surface area contributed by atoms with Crippen molar-refractivity contribution in [3.8, 4) is 11.3 Å². The van der Waals surface area contributed by atoms with Crippen molar-refractivity contribution in [3.63, 3.8) is 0 Å². The van der Waals surface area contributed by atoms with Crippen molar-refractivity contribution in [2.75, 3.05) is 0 Å². The van der Waals surface area contributed by atoms with E-state index in [1.54, 1.807) is 0 Å². The molecule has 18 heavy (non-hydrogen) atoms. The van der Waals surface area contributed by atoms with Crippen LogP contribution in [0, 0.1) is 11.6 Å². The average molecular weight is 250 g/mol. The summed E-state index contributed by atoms with van der Waals surface area (Å²) in [6.45, 7) is 1.94. The summed E-state index contributed by atoms with van der Waals surface area (Å²) in [4.78, 5) is 18.1. The molecule has 0 saturated heterocycles. The van der Waals surface area contributed by atoms with E-state index in [-0.39, 0.29) is 16.8 Å². The molecule has 1 aromatic heterocycles. The maximum Gasteiger partial charge on any atom is 0.251 e. The first kappa shape index (κ1) is 12.4. The number of nitrogens with one attached hydrogen (secondary N) is 1. The van der Waals surface area contributed by atoms with Gasteiger partial charge in [-0.1, -0.05) is 6.92 Å². The van der Waals surface area contributed by atoms with Crippen LogP contribution in [0.2, 0.25) is 0 Å². The van der Waals surface area contributed by atoms with Gasteiger partial charge in [0.15, 0.2) is 0 Å². The second kappa shape index (κ2) is 5.08. The minimum atomic E-state index is -0.600. The normalized spacial score (nSPS) is 10.6. The van der Waals surface area contributed by atoms with Crippen molar-refractivity contribution in [1.29, 1.82) is 0 Å². The van der Waals surface area contributed by atoms with Gasteiger partial charge in [0.1, 0.15) is 17.5 Å². The van der Waals surface area contributed by atoms with Crippen LogP contribution in [-0.4, -0.2) is 9.97 Å². The van der Waals surface area contributed by atoms with E-state index in [1.807, 2.05) is 6.92 Å². The highest BCUT2D eigenvalue weighted by atomic mass is 19.1. The smallest absolute Gasteiger partial charge is 0.251 e. The predicted molar refractivity (Wildman–Crippen MR) is 64.2 cm³/mol. The average Bonchev–Trinajstić information content (AvgIpc) is 2.32. The third kappa shape index (κ3) is 2.61. The lowest BCUT2D eigenvalue weighted by atomic mass is 10.1. The Morgan fingerprint density at radius 2 is 2.06 bits per heavy atom. The lowest BCUT2D eigenvalue weighted by Crippen LogP contribution is -2.11. The van der Waals surface area contributed by atoms with Gasteiger partial charge in [0.05, 0.1) is 5.69 Å². The minimum absolute atomic E-state index is 0.00143. The zero-order chi connectivity index (χ0) is 13.1. The maximum absolute atomic E-state index is 13.6. The third-order valence-electron chi connectivity index (χ3n) is 2.48. The number of H-pyrrole nitrogens is 1. The molecule has 1 heterocycles. The third-order valence-corrected chi connectivity index (χ3v) is 2.48. The van der Waals surface area contributed by atoms with Crippen molar-refractivity contribution >= 4 is 0 Å². The van der Waals surface area contributed by atoms with Crippen LogP contribution in [0.1, 0.15) is 19.2 Å². The Hall–Kier alpha value is -2.04. The molecule has 2 aromatic rings. The number of hydrogen-bond donors (Lipinski definition) is 1. The molecule has 0 amide bonds. The van der Waals surface area contributed by atoms with Crippen molar-refractivity contribution in [2.45, 2.75) is 19.8 Å². The molecule has 2 rings (SSSR count). The summed E-state index contributed by atoms with van der Waals surface area (Å²) >= 11 is 0. The molecule has 5 heteroatoms. The van der Waals surface area contributed by atoms with E-state index in [0.29, 0.717) is 12.2 Å². The van der Waals surface area contributed by atoms with Crippen LogP contribution in [0.25, 0.3) is 11.3 Å². The molecular formula is C13H12F2N2O. The molecule has 94 valence electrons. The van der Waals surface area contributed by atoms with Gasteiger partial charge in [0.2, 0.25) is 0 Å². The molecular weight excluding hydrogens is 238 g/mol. The fourth-order valence-electron chi connectivity index (χ4n) is 1.70. The van der Waals surface area contributed by atoms with E-state index in [1.165, 1.54) is 0 Å². The first-order chi connectivity index (χ1) is 8.60. The van der Waals surface area contributed by atoms with Crippen LogP contribution < -0.4 is 5.56 Å². The summed E-state index contributed by atoms with van der Waals surface area (Å²) in [7, 11) is 0. The molecule has 0 fully saturated rings. The van der Waals surface area contributed by atoms with Crippen molar-refractivity contribution < 1.29 is 8.78 Å². The molecule has 1 aromatic carbocycles. The molecule has 0 aliphatic heterocycles. The van der Waals surface area contributed by atoms with E-state index < -0.39 is 11.6 Å². The zero-order valence-corrected chi connectivity index (χ0v) is 9.84. The van der Waals surface area contributed by atoms with Crippen LogP contribution in [0.5, 0.6) is 0 Å². The second-order valence-corrected chi connectivity index (χ2v) is 3.95. The van der Waals surface area contributed by atoms with Crippen LogP contribution in [0.3, 0.4) is 0 Å². The fraction of sp³-hybridized carbons (Fsp3) is 0.231. The lowest BCUT2D eigenvalue weighted by molar-refractivity contribution is 0.602. The Morgan fingerprint density at radius 3 is 2.78 bits per heavy atom. The van der Waals surface area contributed by atoms with Gasteiger partial charge in [-0.05, 0) is 24.6 Å². The monoisotopic (exact) mass is 250 g/mol. The molecule has 0 spiro atoms. The molecule has 0 bridgehead atoms. The van der Waals surface area contributed by atoms with E-state index >= 15 is 0 Å². The number of aryl methyl sites for hydroxylation is 1. The first-order valence-electron chi connectivity index (χ1n) is 5.66. The molecule has 3 nitrogen and oxygen atoms in total. The van der Waals surface area contributed by atoms with Gasteiger partial charge < -0.3 is 4.98 Å². The Kier molecular flexibility index (Phi) is 3.50. The first-order valence-corrected chi connectivity index (χ1v) is 5.66. The number of nitrogens with zero attached hydrogens (tertiary/aromatic N) is 1. The molecule has 1 N–H and O–H groups in total. The number of hydrogen-bond acceptors (Lipinski definition) is 2. The standard InChI is InChI=1S/C13H12F2N2O/c1-2-3-12-16-11(7-13(18)17-12)9-6-8(14)4-5-10(9)15/h4-7H,2-3H2,1H3,(H,16,17,18). The molecule has 0 aliphatic carbocycles. The zero-order valence-electron chi connectivity index (χ0n) is 9.84. The fourth-order valence-corrected chi connectivity index (χ4v) is 1.70.